The van der Waals surface area contributed by atoms with Crippen molar-refractivity contribution in [3.63, 3.8) is 0 Å². The van der Waals surface area contributed by atoms with Crippen molar-refractivity contribution in [3.05, 3.63) is 34.9 Å². The average Bonchev–Trinajstić information content (AvgIpc) is 2.86. The number of benzene rings is 1. The second-order valence-electron chi connectivity index (χ2n) is 11.5. The highest BCUT2D eigenvalue weighted by atomic mass is 32.2. The fourth-order valence-corrected chi connectivity index (χ4v) is 6.11. The van der Waals surface area contributed by atoms with Crippen LogP contribution in [0.5, 0.6) is 0 Å². The molecular formula is C25H39NO3S. The molecule has 0 spiro atoms. The van der Waals surface area contributed by atoms with Crippen molar-refractivity contribution in [2.24, 2.45) is 0 Å². The number of carbonyl (C=O) groups excluding carboxylic acids is 1. The van der Waals surface area contributed by atoms with Crippen LogP contribution in [-0.2, 0) is 31.9 Å². The molecule has 0 saturated carbocycles. The third kappa shape index (κ3) is 5.09. The van der Waals surface area contributed by atoms with E-state index in [1.54, 1.807) is 0 Å². The molecule has 3 rings (SSSR count). The van der Waals surface area contributed by atoms with Gasteiger partial charge in [-0.1, -0.05) is 59.7 Å². The normalized spacial score (nSPS) is 24.9. The molecule has 0 aliphatic carbocycles. The molecule has 2 heterocycles. The molecule has 2 aliphatic rings. The predicted octanol–water partition coefficient (Wildman–Crippen LogP) is 4.78. The summed E-state index contributed by atoms with van der Waals surface area (Å²) in [4.78, 5) is 15.2. The maximum atomic E-state index is 13.1. The monoisotopic (exact) mass is 433 g/mol. The van der Waals surface area contributed by atoms with Crippen LogP contribution in [0.15, 0.2) is 18.2 Å². The van der Waals surface area contributed by atoms with Gasteiger partial charge in [0.05, 0.1) is 5.25 Å². The average molecular weight is 434 g/mol. The zero-order valence-electron chi connectivity index (χ0n) is 19.8. The van der Waals surface area contributed by atoms with Crippen molar-refractivity contribution in [2.75, 3.05) is 6.26 Å². The van der Waals surface area contributed by atoms with E-state index in [0.29, 0.717) is 19.3 Å². The Balaban J connectivity index is 1.74. The van der Waals surface area contributed by atoms with Crippen molar-refractivity contribution in [1.29, 1.82) is 0 Å². The van der Waals surface area contributed by atoms with Crippen molar-refractivity contribution >= 4 is 15.7 Å². The van der Waals surface area contributed by atoms with Crippen LogP contribution in [0.1, 0.15) is 90.3 Å². The molecule has 2 unspecified atom stereocenters. The van der Waals surface area contributed by atoms with E-state index in [1.807, 2.05) is 4.90 Å². The summed E-state index contributed by atoms with van der Waals surface area (Å²) in [7, 11) is -3.03. The molecule has 2 aliphatic heterocycles. The number of amides is 1. The topological polar surface area (TPSA) is 54.5 Å². The fourth-order valence-electron chi connectivity index (χ4n) is 4.97. The first-order valence-electron chi connectivity index (χ1n) is 11.3. The summed E-state index contributed by atoms with van der Waals surface area (Å²) in [6.07, 6.45) is 5.66. The van der Waals surface area contributed by atoms with Gasteiger partial charge in [-0.15, -0.1) is 0 Å². The van der Waals surface area contributed by atoms with Gasteiger partial charge in [-0.05, 0) is 59.6 Å². The quantitative estimate of drug-likeness (QED) is 0.686. The Morgan fingerprint density at radius 1 is 0.933 bits per heavy atom. The lowest BCUT2D eigenvalue weighted by atomic mass is 9.79. The number of piperidine rings is 1. The molecule has 168 valence electrons. The Bertz CT molecular complexity index is 859. The van der Waals surface area contributed by atoms with Crippen molar-refractivity contribution in [1.82, 2.24) is 4.90 Å². The molecule has 0 aromatic heterocycles. The molecule has 1 amide bonds. The second-order valence-corrected chi connectivity index (χ2v) is 13.9. The van der Waals surface area contributed by atoms with Crippen LogP contribution in [0.25, 0.3) is 0 Å². The van der Waals surface area contributed by atoms with Crippen LogP contribution < -0.4 is 0 Å². The van der Waals surface area contributed by atoms with Gasteiger partial charge in [0.2, 0.25) is 5.91 Å². The third-order valence-electron chi connectivity index (χ3n) is 6.94. The highest BCUT2D eigenvalue weighted by molar-refractivity contribution is 7.91. The Morgan fingerprint density at radius 3 is 1.80 bits per heavy atom. The lowest BCUT2D eigenvalue weighted by Gasteiger charge is -2.38. The summed E-state index contributed by atoms with van der Waals surface area (Å²) in [6, 6.07) is 7.02. The molecule has 2 bridgehead atoms. The summed E-state index contributed by atoms with van der Waals surface area (Å²) < 4.78 is 24.0. The van der Waals surface area contributed by atoms with E-state index in [0.717, 1.165) is 19.3 Å². The van der Waals surface area contributed by atoms with E-state index in [-0.39, 0.29) is 34.1 Å². The van der Waals surface area contributed by atoms with E-state index >= 15 is 0 Å². The van der Waals surface area contributed by atoms with E-state index in [4.69, 9.17) is 0 Å². The first kappa shape index (κ1) is 23.3. The third-order valence-corrected chi connectivity index (χ3v) is 8.53. The maximum absolute atomic E-state index is 13.1. The van der Waals surface area contributed by atoms with Gasteiger partial charge in [0.25, 0.3) is 0 Å². The van der Waals surface area contributed by atoms with Gasteiger partial charge in [0, 0.05) is 24.8 Å². The molecule has 30 heavy (non-hydrogen) atoms. The minimum absolute atomic E-state index is 0.0622. The van der Waals surface area contributed by atoms with Gasteiger partial charge in [-0.2, -0.15) is 0 Å². The SMILES string of the molecule is CC(C)(C)c1cc(CCC(=O)N2C3CCC2CC(S(C)(=O)=O)C3)cc(C(C)(C)C)c1. The van der Waals surface area contributed by atoms with Crippen LogP contribution in [0, 0.1) is 0 Å². The molecule has 1 aromatic rings. The minimum atomic E-state index is -3.03. The summed E-state index contributed by atoms with van der Waals surface area (Å²) >= 11 is 0. The van der Waals surface area contributed by atoms with Gasteiger partial charge in [-0.25, -0.2) is 8.42 Å². The number of aryl methyl sites for hydroxylation is 1. The van der Waals surface area contributed by atoms with E-state index in [9.17, 15) is 13.2 Å². The molecule has 2 atom stereocenters. The van der Waals surface area contributed by atoms with Gasteiger partial charge in [0.1, 0.15) is 9.84 Å². The number of carbonyl (C=O) groups is 1. The molecule has 2 saturated heterocycles. The number of nitrogens with zero attached hydrogens (tertiary/aromatic N) is 1. The zero-order valence-corrected chi connectivity index (χ0v) is 20.6. The largest absolute Gasteiger partial charge is 0.337 e. The smallest absolute Gasteiger partial charge is 0.223 e. The number of rotatable bonds is 4. The highest BCUT2D eigenvalue weighted by Crippen LogP contribution is 2.39. The lowest BCUT2D eigenvalue weighted by Crippen LogP contribution is -2.49. The minimum Gasteiger partial charge on any atom is -0.337 e. The first-order valence-corrected chi connectivity index (χ1v) is 13.3. The Kier molecular flexibility index (Phi) is 6.18. The standard InChI is InChI=1S/C25H39NO3S/c1-24(2,3)18-12-17(13-19(14-18)25(4,5)6)8-11-23(27)26-20-9-10-21(26)16-22(15-20)30(7,28)29/h12-14,20-22H,8-11,15-16H2,1-7H3. The molecule has 1 aromatic carbocycles. The summed E-state index contributed by atoms with van der Waals surface area (Å²) in [5.41, 5.74) is 3.97. The van der Waals surface area contributed by atoms with E-state index in [1.165, 1.54) is 22.9 Å². The number of hydrogen-bond acceptors (Lipinski definition) is 3. The predicted molar refractivity (Wildman–Crippen MR) is 124 cm³/mol. The Labute approximate surface area is 183 Å². The van der Waals surface area contributed by atoms with Crippen molar-refractivity contribution in [3.8, 4) is 0 Å². The number of fused-ring (bicyclic) bond motifs is 2. The van der Waals surface area contributed by atoms with Crippen molar-refractivity contribution in [2.45, 2.75) is 108 Å². The van der Waals surface area contributed by atoms with Crippen LogP contribution in [0.3, 0.4) is 0 Å². The second kappa shape index (κ2) is 7.96. The molecule has 5 heteroatoms. The van der Waals surface area contributed by atoms with Crippen LogP contribution in [0.2, 0.25) is 0 Å². The van der Waals surface area contributed by atoms with E-state index in [2.05, 4.69) is 59.7 Å². The summed E-state index contributed by atoms with van der Waals surface area (Å²) in [5.74, 6) is 0.188. The molecule has 0 N–H and O–H groups in total. The summed E-state index contributed by atoms with van der Waals surface area (Å²) in [5, 5.41) is -0.281. The number of sulfone groups is 1. The molecule has 0 radical (unpaired) electrons. The fraction of sp³-hybridized carbons (Fsp3) is 0.720. The number of hydrogen-bond donors (Lipinski definition) is 0. The van der Waals surface area contributed by atoms with Crippen molar-refractivity contribution < 1.29 is 13.2 Å². The van der Waals surface area contributed by atoms with Gasteiger partial charge in [0.15, 0.2) is 0 Å². The Morgan fingerprint density at radius 2 is 1.40 bits per heavy atom. The first-order chi connectivity index (χ1) is 13.7. The summed E-state index contributed by atoms with van der Waals surface area (Å²) in [6.45, 7) is 13.4. The van der Waals surface area contributed by atoms with Crippen LogP contribution >= 0.6 is 0 Å². The molecular weight excluding hydrogens is 394 g/mol. The van der Waals surface area contributed by atoms with E-state index < -0.39 is 9.84 Å². The van der Waals surface area contributed by atoms with Gasteiger partial charge in [-0.3, -0.25) is 4.79 Å². The molecule has 2 fully saturated rings. The van der Waals surface area contributed by atoms with Gasteiger partial charge >= 0.3 is 0 Å². The van der Waals surface area contributed by atoms with Gasteiger partial charge < -0.3 is 4.90 Å². The maximum Gasteiger partial charge on any atom is 0.223 e. The Hall–Kier alpha value is -1.36. The van der Waals surface area contributed by atoms with Crippen LogP contribution in [0.4, 0.5) is 0 Å². The highest BCUT2D eigenvalue weighted by Gasteiger charge is 2.45. The van der Waals surface area contributed by atoms with Crippen LogP contribution in [-0.4, -0.2) is 42.8 Å². The molecule has 4 nitrogen and oxygen atoms in total. The lowest BCUT2D eigenvalue weighted by molar-refractivity contribution is -0.135. The zero-order chi connectivity index (χ0) is 22.5.